The number of carbonyl (C=O) groups is 1. The maximum absolute atomic E-state index is 11.0. The van der Waals surface area contributed by atoms with Crippen molar-refractivity contribution in [3.63, 3.8) is 0 Å². The summed E-state index contributed by atoms with van der Waals surface area (Å²) in [4.78, 5) is 11.0. The Hall–Kier alpha value is -1.44. The van der Waals surface area contributed by atoms with Gasteiger partial charge in [0.05, 0.1) is 0 Å². The van der Waals surface area contributed by atoms with Gasteiger partial charge in [-0.05, 0) is 0 Å². The first-order chi connectivity index (χ1) is 13.2. The van der Waals surface area contributed by atoms with Crippen LogP contribution in [-0.4, -0.2) is 26.8 Å². The van der Waals surface area contributed by atoms with Gasteiger partial charge >= 0.3 is 181 Å². The molecule has 2 N–H and O–H groups in total. The predicted molar refractivity (Wildman–Crippen MR) is 120 cm³/mol. The zero-order valence-corrected chi connectivity index (χ0v) is 20.0. The zero-order chi connectivity index (χ0) is 20.8. The summed E-state index contributed by atoms with van der Waals surface area (Å²) in [5, 5.41) is 15.4. The quantitative estimate of drug-likeness (QED) is 0.438. The first kappa shape index (κ1) is 22.8. The van der Waals surface area contributed by atoms with Crippen LogP contribution in [0.4, 0.5) is 5.69 Å². The predicted octanol–water partition coefficient (Wildman–Crippen LogP) is 6.17. The van der Waals surface area contributed by atoms with E-state index in [-0.39, 0.29) is 27.7 Å². The molecule has 0 aromatic heterocycles. The summed E-state index contributed by atoms with van der Waals surface area (Å²) in [7, 11) is 0. The van der Waals surface area contributed by atoms with E-state index < -0.39 is 5.97 Å². The second-order valence-electron chi connectivity index (χ2n) is 7.52. The van der Waals surface area contributed by atoms with Gasteiger partial charge in [-0.3, -0.25) is 0 Å². The molecule has 0 aliphatic heterocycles. The van der Waals surface area contributed by atoms with E-state index in [2.05, 4.69) is 63.3 Å². The molecule has 0 heterocycles. The zero-order valence-electron chi connectivity index (χ0n) is 17.3. The minimum atomic E-state index is -0.693. The van der Waals surface area contributed by atoms with Gasteiger partial charge in [0, 0.05) is 0 Å². The second-order valence-corrected chi connectivity index (χ2v) is 10.3. The van der Waals surface area contributed by atoms with Crippen LogP contribution in [0.5, 0.6) is 0 Å². The SMILES string of the molecule is CCC(Nc1ccc(C)c(C[As]CC(C)C(=O)O)c1)c1cc(C)c(Cl)c(C)c1. The molecule has 0 bridgehead atoms. The summed E-state index contributed by atoms with van der Waals surface area (Å²) in [5.74, 6) is -0.940. The molecule has 1 radical (unpaired) electrons. The number of aliphatic carboxylic acids is 1. The molecule has 151 valence electrons. The van der Waals surface area contributed by atoms with Gasteiger partial charge in [0.2, 0.25) is 0 Å². The summed E-state index contributed by atoms with van der Waals surface area (Å²) < 4.78 is 0. The Morgan fingerprint density at radius 3 is 2.36 bits per heavy atom. The first-order valence-electron chi connectivity index (χ1n) is 9.71. The minimum absolute atomic E-state index is 0.00857. The Labute approximate surface area is 180 Å². The monoisotopic (exact) mass is 462 g/mol. The Balaban J connectivity index is 2.13. The Morgan fingerprint density at radius 2 is 1.79 bits per heavy atom. The van der Waals surface area contributed by atoms with Gasteiger partial charge in [-0.15, -0.1) is 0 Å². The molecular formula is C23H30AsClNO2. The Morgan fingerprint density at radius 1 is 1.14 bits per heavy atom. The van der Waals surface area contributed by atoms with E-state index in [0.29, 0.717) is 0 Å². The molecule has 3 nitrogen and oxygen atoms in total. The molecule has 0 saturated heterocycles. The van der Waals surface area contributed by atoms with Crippen LogP contribution in [-0.2, 0) is 10.0 Å². The molecule has 2 unspecified atom stereocenters. The summed E-state index contributed by atoms with van der Waals surface area (Å²) in [6.45, 7) is 10.2. The van der Waals surface area contributed by atoms with Crippen molar-refractivity contribution in [1.29, 1.82) is 0 Å². The number of hydrogen-bond acceptors (Lipinski definition) is 2. The van der Waals surface area contributed by atoms with Crippen LogP contribution >= 0.6 is 11.6 Å². The topological polar surface area (TPSA) is 49.3 Å². The van der Waals surface area contributed by atoms with Crippen LogP contribution in [0.15, 0.2) is 30.3 Å². The average Bonchev–Trinajstić information content (AvgIpc) is 2.65. The Bertz CT molecular complexity index is 814. The number of nitrogens with one attached hydrogen (secondary N) is 1. The van der Waals surface area contributed by atoms with E-state index in [1.54, 1.807) is 6.92 Å². The first-order valence-corrected chi connectivity index (χ1v) is 12.7. The molecule has 2 rings (SSSR count). The molecule has 5 heteroatoms. The van der Waals surface area contributed by atoms with E-state index in [1.807, 2.05) is 0 Å². The van der Waals surface area contributed by atoms with Crippen molar-refractivity contribution < 1.29 is 9.90 Å². The van der Waals surface area contributed by atoms with E-state index in [1.165, 1.54) is 16.7 Å². The third-order valence-corrected chi connectivity index (χ3v) is 8.54. The van der Waals surface area contributed by atoms with Crippen molar-refractivity contribution in [3.8, 4) is 0 Å². The fourth-order valence-electron chi connectivity index (χ4n) is 3.19. The number of halogens is 1. The summed E-state index contributed by atoms with van der Waals surface area (Å²) in [6.07, 6.45) is 0.978. The van der Waals surface area contributed by atoms with Crippen LogP contribution in [0.25, 0.3) is 0 Å². The average molecular weight is 463 g/mol. The third kappa shape index (κ3) is 6.03. The Kier molecular flexibility index (Phi) is 8.46. The van der Waals surface area contributed by atoms with Gasteiger partial charge in [0.25, 0.3) is 0 Å². The fraction of sp³-hybridized carbons (Fsp3) is 0.435. The summed E-state index contributed by atoms with van der Waals surface area (Å²) in [5.41, 5.74) is 7.18. The molecular weight excluding hydrogens is 433 g/mol. The summed E-state index contributed by atoms with van der Waals surface area (Å²) >= 11 is 6.32. The number of aryl methyl sites for hydroxylation is 3. The standard InChI is InChI=1S/C23H30AsClNO2/c1-6-21(18-9-15(3)22(25)16(4)10-18)26-20-8-7-14(2)19(11-20)13-24-12-17(5)23(27)28/h7-11,17,21,26H,6,12-13H2,1-5H3,(H,27,28). The third-order valence-electron chi connectivity index (χ3n) is 5.07. The molecule has 0 saturated carbocycles. The molecule has 2 atom stereocenters. The van der Waals surface area contributed by atoms with Crippen molar-refractivity contribution >= 4 is 39.0 Å². The molecule has 2 aromatic rings. The van der Waals surface area contributed by atoms with Crippen molar-refractivity contribution in [2.45, 2.75) is 57.5 Å². The molecule has 0 spiro atoms. The van der Waals surface area contributed by atoms with Crippen molar-refractivity contribution in [1.82, 2.24) is 0 Å². The van der Waals surface area contributed by atoms with Gasteiger partial charge in [0.1, 0.15) is 0 Å². The van der Waals surface area contributed by atoms with Crippen molar-refractivity contribution in [2.24, 2.45) is 5.92 Å². The van der Waals surface area contributed by atoms with Crippen molar-refractivity contribution in [3.05, 3.63) is 63.2 Å². The number of benzene rings is 2. The molecule has 0 fully saturated rings. The summed E-state index contributed by atoms with van der Waals surface area (Å²) in [6, 6.07) is 11.1. The van der Waals surface area contributed by atoms with Gasteiger partial charge in [0.15, 0.2) is 0 Å². The van der Waals surface area contributed by atoms with Crippen molar-refractivity contribution in [2.75, 3.05) is 5.32 Å². The van der Waals surface area contributed by atoms with Crippen LogP contribution in [0.3, 0.4) is 0 Å². The number of anilines is 1. The maximum atomic E-state index is 11.0. The number of carboxylic acids is 1. The van der Waals surface area contributed by atoms with Gasteiger partial charge < -0.3 is 0 Å². The molecule has 2 aromatic carbocycles. The van der Waals surface area contributed by atoms with Crippen LogP contribution < -0.4 is 5.32 Å². The van der Waals surface area contributed by atoms with E-state index >= 15 is 0 Å². The van der Waals surface area contributed by atoms with Gasteiger partial charge in [-0.2, -0.15) is 0 Å². The molecule has 0 aliphatic carbocycles. The molecule has 28 heavy (non-hydrogen) atoms. The molecule has 0 aliphatic rings. The van der Waals surface area contributed by atoms with Crippen LogP contribution in [0, 0.1) is 26.7 Å². The second kappa shape index (κ2) is 10.4. The van der Waals surface area contributed by atoms with Crippen LogP contribution in [0.2, 0.25) is 10.2 Å². The number of hydrogen-bond donors (Lipinski definition) is 2. The number of carboxylic acid groups (broad SMARTS) is 1. The van der Waals surface area contributed by atoms with E-state index in [9.17, 15) is 4.79 Å². The van der Waals surface area contributed by atoms with E-state index in [0.717, 1.165) is 38.7 Å². The fourth-order valence-corrected chi connectivity index (χ4v) is 5.93. The number of rotatable bonds is 9. The normalized spacial score (nSPS) is 13.6. The van der Waals surface area contributed by atoms with E-state index in [4.69, 9.17) is 16.7 Å². The molecule has 0 amide bonds. The van der Waals surface area contributed by atoms with Gasteiger partial charge in [-0.25, -0.2) is 0 Å². The van der Waals surface area contributed by atoms with Crippen LogP contribution in [0.1, 0.15) is 54.1 Å². The van der Waals surface area contributed by atoms with Gasteiger partial charge in [-0.1, -0.05) is 0 Å².